The van der Waals surface area contributed by atoms with E-state index in [-0.39, 0.29) is 12.0 Å². The number of hydrogen-bond donors (Lipinski definition) is 1. The van der Waals surface area contributed by atoms with E-state index in [0.717, 1.165) is 19.4 Å². The summed E-state index contributed by atoms with van der Waals surface area (Å²) in [5.41, 5.74) is 0.597. The Morgan fingerprint density at radius 2 is 2.33 bits per heavy atom. The Labute approximate surface area is 124 Å². The Kier molecular flexibility index (Phi) is 5.59. The maximum atomic E-state index is 12.1. The van der Waals surface area contributed by atoms with Crippen molar-refractivity contribution < 1.29 is 14.3 Å². The van der Waals surface area contributed by atoms with E-state index >= 15 is 0 Å². The lowest BCUT2D eigenvalue weighted by Crippen LogP contribution is -2.22. The molecule has 2 unspecified atom stereocenters. The number of anilines is 1. The summed E-state index contributed by atoms with van der Waals surface area (Å²) in [7, 11) is 0. The fourth-order valence-corrected chi connectivity index (χ4v) is 1.93. The van der Waals surface area contributed by atoms with Gasteiger partial charge in [0.05, 0.1) is 18.4 Å². The highest BCUT2D eigenvalue weighted by molar-refractivity contribution is 5.95. The van der Waals surface area contributed by atoms with E-state index in [9.17, 15) is 4.79 Å². The molecular formula is C16H20N2O3. The van der Waals surface area contributed by atoms with Crippen LogP contribution < -0.4 is 10.1 Å². The lowest BCUT2D eigenvalue weighted by Gasteiger charge is -2.13. The average molecular weight is 288 g/mol. The number of hydrogen-bond acceptors (Lipinski definition) is 4. The Balaban J connectivity index is 1.96. The van der Waals surface area contributed by atoms with Gasteiger partial charge < -0.3 is 14.8 Å². The average Bonchev–Trinajstić information content (AvgIpc) is 3.31. The maximum absolute atomic E-state index is 12.1. The summed E-state index contributed by atoms with van der Waals surface area (Å²) in [4.78, 5) is 12.1. The first-order valence-electron chi connectivity index (χ1n) is 7.28. The summed E-state index contributed by atoms with van der Waals surface area (Å²) in [6.45, 7) is 3.24. The number of nitrogens with zero attached hydrogens (tertiary/aromatic N) is 1. The minimum atomic E-state index is -0.621. The summed E-state index contributed by atoms with van der Waals surface area (Å²) in [5, 5.41) is 11.9. The van der Waals surface area contributed by atoms with Crippen molar-refractivity contribution in [3.8, 4) is 11.8 Å². The van der Waals surface area contributed by atoms with Crippen LogP contribution in [0.15, 0.2) is 24.3 Å². The van der Waals surface area contributed by atoms with Crippen LogP contribution >= 0.6 is 0 Å². The summed E-state index contributed by atoms with van der Waals surface area (Å²) >= 11 is 0. The van der Waals surface area contributed by atoms with Crippen LogP contribution in [0.1, 0.15) is 26.2 Å². The fourth-order valence-electron chi connectivity index (χ4n) is 1.93. The predicted octanol–water partition coefficient (Wildman–Crippen LogP) is 2.73. The first-order chi connectivity index (χ1) is 10.2. The molecule has 0 radical (unpaired) electrons. The van der Waals surface area contributed by atoms with Gasteiger partial charge in [0.25, 0.3) is 0 Å². The molecule has 0 aliphatic carbocycles. The first kappa shape index (κ1) is 15.3. The van der Waals surface area contributed by atoms with Crippen LogP contribution in [0, 0.1) is 17.2 Å². The fraction of sp³-hybridized carbons (Fsp3) is 0.500. The molecule has 1 saturated heterocycles. The second-order valence-corrected chi connectivity index (χ2v) is 5.08. The van der Waals surface area contributed by atoms with Gasteiger partial charge in [0.15, 0.2) is 0 Å². The van der Waals surface area contributed by atoms with Crippen LogP contribution in [0.5, 0.6) is 5.75 Å². The Morgan fingerprint density at radius 3 is 3.00 bits per heavy atom. The monoisotopic (exact) mass is 288 g/mol. The maximum Gasteiger partial charge on any atom is 0.241 e. The van der Waals surface area contributed by atoms with Crippen LogP contribution in [0.4, 0.5) is 5.69 Å². The van der Waals surface area contributed by atoms with Crippen molar-refractivity contribution in [1.82, 2.24) is 0 Å². The molecule has 5 nitrogen and oxygen atoms in total. The number of unbranched alkanes of at least 4 members (excludes halogenated alkanes) is 1. The number of nitriles is 1. The SMILES string of the molecule is CCCCC(C#N)C(=O)Nc1ccccc1OCC1CO1. The molecule has 0 spiro atoms. The highest BCUT2D eigenvalue weighted by Crippen LogP contribution is 2.26. The summed E-state index contributed by atoms with van der Waals surface area (Å²) in [6.07, 6.45) is 2.57. The molecule has 1 N–H and O–H groups in total. The normalized spacial score (nSPS) is 17.6. The quantitative estimate of drug-likeness (QED) is 0.746. The molecular weight excluding hydrogens is 268 g/mol. The third-order valence-electron chi connectivity index (χ3n) is 3.29. The summed E-state index contributed by atoms with van der Waals surface area (Å²) in [5.74, 6) is -0.289. The molecule has 112 valence electrons. The molecule has 1 fully saturated rings. The van der Waals surface area contributed by atoms with Crippen LogP contribution in [0.25, 0.3) is 0 Å². The molecule has 0 aromatic heterocycles. The Bertz CT molecular complexity index is 520. The van der Waals surface area contributed by atoms with Gasteiger partial charge in [-0.25, -0.2) is 0 Å². The molecule has 0 bridgehead atoms. The summed E-state index contributed by atoms with van der Waals surface area (Å²) < 4.78 is 10.7. The van der Waals surface area contributed by atoms with Crippen LogP contribution in [-0.2, 0) is 9.53 Å². The van der Waals surface area contributed by atoms with Gasteiger partial charge in [0, 0.05) is 0 Å². The van der Waals surface area contributed by atoms with Gasteiger partial charge >= 0.3 is 0 Å². The number of rotatable bonds is 8. The Hall–Kier alpha value is -2.06. The van der Waals surface area contributed by atoms with Crippen LogP contribution in [0.2, 0.25) is 0 Å². The van der Waals surface area contributed by atoms with E-state index in [2.05, 4.69) is 11.4 Å². The molecule has 1 aromatic carbocycles. The van der Waals surface area contributed by atoms with Crippen molar-refractivity contribution in [2.24, 2.45) is 5.92 Å². The van der Waals surface area contributed by atoms with Gasteiger partial charge in [-0.1, -0.05) is 31.9 Å². The van der Waals surface area contributed by atoms with Crippen molar-refractivity contribution >= 4 is 11.6 Å². The molecule has 1 heterocycles. The third-order valence-corrected chi connectivity index (χ3v) is 3.29. The second-order valence-electron chi connectivity index (χ2n) is 5.08. The number of carbonyl (C=O) groups is 1. The van der Waals surface area contributed by atoms with E-state index in [1.165, 1.54) is 0 Å². The van der Waals surface area contributed by atoms with Crippen molar-refractivity contribution in [1.29, 1.82) is 5.26 Å². The highest BCUT2D eigenvalue weighted by Gasteiger charge is 2.24. The first-order valence-corrected chi connectivity index (χ1v) is 7.28. The van der Waals surface area contributed by atoms with Crippen molar-refractivity contribution in [2.75, 3.05) is 18.5 Å². The number of carbonyl (C=O) groups excluding carboxylic acids is 1. The van der Waals surface area contributed by atoms with Crippen molar-refractivity contribution in [3.05, 3.63) is 24.3 Å². The standard InChI is InChI=1S/C16H20N2O3/c1-2-3-6-12(9-17)16(19)18-14-7-4-5-8-15(14)21-11-13-10-20-13/h4-5,7-8,12-13H,2-3,6,10-11H2,1H3,(H,18,19). The number of para-hydroxylation sites is 2. The predicted molar refractivity (Wildman–Crippen MR) is 78.9 cm³/mol. The third kappa shape index (κ3) is 4.76. The topological polar surface area (TPSA) is 74.7 Å². The lowest BCUT2D eigenvalue weighted by molar-refractivity contribution is -0.118. The van der Waals surface area contributed by atoms with Crippen LogP contribution in [0.3, 0.4) is 0 Å². The van der Waals surface area contributed by atoms with Crippen molar-refractivity contribution in [2.45, 2.75) is 32.3 Å². The van der Waals surface area contributed by atoms with Crippen LogP contribution in [-0.4, -0.2) is 25.2 Å². The molecule has 5 heteroatoms. The second kappa shape index (κ2) is 7.65. The molecule has 1 amide bonds. The molecule has 0 saturated carbocycles. The van der Waals surface area contributed by atoms with E-state index in [4.69, 9.17) is 14.7 Å². The zero-order valence-corrected chi connectivity index (χ0v) is 12.2. The number of benzene rings is 1. The number of ether oxygens (including phenoxy) is 2. The van der Waals surface area contributed by atoms with Crippen molar-refractivity contribution in [3.63, 3.8) is 0 Å². The molecule has 1 aromatic rings. The van der Waals surface area contributed by atoms with Gasteiger partial charge in [-0.3, -0.25) is 4.79 Å². The van der Waals surface area contributed by atoms with E-state index in [0.29, 0.717) is 24.5 Å². The largest absolute Gasteiger partial charge is 0.489 e. The highest BCUT2D eigenvalue weighted by atomic mass is 16.6. The van der Waals surface area contributed by atoms with Gasteiger partial charge in [-0.15, -0.1) is 0 Å². The zero-order chi connectivity index (χ0) is 15.1. The lowest BCUT2D eigenvalue weighted by atomic mass is 10.0. The van der Waals surface area contributed by atoms with E-state index < -0.39 is 5.92 Å². The minimum absolute atomic E-state index is 0.158. The van der Waals surface area contributed by atoms with Gasteiger partial charge in [-0.05, 0) is 18.6 Å². The number of amides is 1. The molecule has 1 aliphatic rings. The molecule has 21 heavy (non-hydrogen) atoms. The Morgan fingerprint density at radius 1 is 1.57 bits per heavy atom. The number of epoxide rings is 1. The molecule has 1 aliphatic heterocycles. The van der Waals surface area contributed by atoms with Gasteiger partial charge in [0.1, 0.15) is 24.4 Å². The minimum Gasteiger partial charge on any atom is -0.489 e. The van der Waals surface area contributed by atoms with Gasteiger partial charge in [-0.2, -0.15) is 5.26 Å². The number of nitrogens with one attached hydrogen (secondary N) is 1. The van der Waals surface area contributed by atoms with E-state index in [1.807, 2.05) is 19.1 Å². The smallest absolute Gasteiger partial charge is 0.241 e. The zero-order valence-electron chi connectivity index (χ0n) is 12.2. The molecule has 2 rings (SSSR count). The summed E-state index contributed by atoms with van der Waals surface area (Å²) in [6, 6.07) is 9.30. The van der Waals surface area contributed by atoms with E-state index in [1.54, 1.807) is 12.1 Å². The molecule has 2 atom stereocenters. The van der Waals surface area contributed by atoms with Gasteiger partial charge in [0.2, 0.25) is 5.91 Å².